The number of ether oxygens (including phenoxy) is 1. The van der Waals surface area contributed by atoms with Crippen LogP contribution in [0.2, 0.25) is 0 Å². The molecule has 2 atom stereocenters. The standard InChI is InChI=1S/C25H31N3O/c1-17-15-16-25(3,27-17)24-12-8-11-22(26-24)20-13-14-23(29-18(2)28(4)5)21-10-7-6-9-19(20)21/h8,11-16,18H,6-7,9-10H2,1-5H3. The molecule has 1 aliphatic heterocycles. The van der Waals surface area contributed by atoms with Gasteiger partial charge < -0.3 is 4.74 Å². The minimum absolute atomic E-state index is 0.0449. The second-order valence-corrected chi connectivity index (χ2v) is 8.60. The van der Waals surface area contributed by atoms with E-state index in [1.807, 2.05) is 21.0 Å². The number of rotatable bonds is 5. The number of allylic oxidation sites excluding steroid dienone is 1. The molecule has 2 unspecified atom stereocenters. The molecule has 0 saturated carbocycles. The molecule has 0 bridgehead atoms. The molecule has 152 valence electrons. The van der Waals surface area contributed by atoms with Gasteiger partial charge in [-0.15, -0.1) is 0 Å². The number of nitrogens with zero attached hydrogens (tertiary/aromatic N) is 3. The van der Waals surface area contributed by atoms with E-state index < -0.39 is 0 Å². The van der Waals surface area contributed by atoms with Crippen LogP contribution in [-0.4, -0.2) is 35.9 Å². The molecule has 0 saturated heterocycles. The van der Waals surface area contributed by atoms with Crippen molar-refractivity contribution >= 4 is 5.71 Å². The smallest absolute Gasteiger partial charge is 0.149 e. The summed E-state index contributed by atoms with van der Waals surface area (Å²) in [6.45, 7) is 6.25. The van der Waals surface area contributed by atoms with Gasteiger partial charge >= 0.3 is 0 Å². The van der Waals surface area contributed by atoms with Crippen molar-refractivity contribution in [2.45, 2.75) is 58.2 Å². The van der Waals surface area contributed by atoms with Gasteiger partial charge in [-0.1, -0.05) is 6.07 Å². The van der Waals surface area contributed by atoms with Crippen LogP contribution in [0.4, 0.5) is 0 Å². The van der Waals surface area contributed by atoms with Gasteiger partial charge in [-0.25, -0.2) is 4.98 Å². The Labute approximate surface area is 174 Å². The van der Waals surface area contributed by atoms with Crippen LogP contribution in [0.5, 0.6) is 5.75 Å². The third kappa shape index (κ3) is 3.86. The van der Waals surface area contributed by atoms with Crippen molar-refractivity contribution in [1.29, 1.82) is 0 Å². The second kappa shape index (κ2) is 7.75. The summed E-state index contributed by atoms with van der Waals surface area (Å²) < 4.78 is 6.28. The molecule has 0 N–H and O–H groups in total. The van der Waals surface area contributed by atoms with Crippen LogP contribution in [0.3, 0.4) is 0 Å². The zero-order chi connectivity index (χ0) is 20.6. The molecule has 0 spiro atoms. The first-order valence-electron chi connectivity index (χ1n) is 10.6. The van der Waals surface area contributed by atoms with Crippen LogP contribution in [0.15, 0.2) is 47.5 Å². The first-order valence-corrected chi connectivity index (χ1v) is 10.6. The number of benzene rings is 1. The highest BCUT2D eigenvalue weighted by Gasteiger charge is 2.28. The maximum atomic E-state index is 6.28. The Morgan fingerprint density at radius 1 is 1.07 bits per heavy atom. The highest BCUT2D eigenvalue weighted by molar-refractivity contribution is 5.95. The molecule has 1 aromatic carbocycles. The van der Waals surface area contributed by atoms with E-state index in [9.17, 15) is 0 Å². The van der Waals surface area contributed by atoms with E-state index in [-0.39, 0.29) is 11.8 Å². The van der Waals surface area contributed by atoms with Gasteiger partial charge in [0, 0.05) is 11.3 Å². The van der Waals surface area contributed by atoms with E-state index in [0.29, 0.717) is 0 Å². The lowest BCUT2D eigenvalue weighted by Gasteiger charge is -2.27. The third-order valence-corrected chi connectivity index (χ3v) is 6.12. The van der Waals surface area contributed by atoms with E-state index >= 15 is 0 Å². The lowest BCUT2D eigenvalue weighted by Crippen LogP contribution is -2.30. The Kier molecular flexibility index (Phi) is 5.30. The summed E-state index contributed by atoms with van der Waals surface area (Å²) in [6, 6.07) is 10.6. The van der Waals surface area contributed by atoms with E-state index in [4.69, 9.17) is 14.7 Å². The van der Waals surface area contributed by atoms with Gasteiger partial charge in [-0.2, -0.15) is 0 Å². The van der Waals surface area contributed by atoms with Crippen molar-refractivity contribution in [2.24, 2.45) is 4.99 Å². The lowest BCUT2D eigenvalue weighted by molar-refractivity contribution is 0.0803. The zero-order valence-corrected chi connectivity index (χ0v) is 18.2. The molecule has 1 aliphatic carbocycles. The molecule has 2 aliphatic rings. The van der Waals surface area contributed by atoms with Gasteiger partial charge in [0.1, 0.15) is 17.5 Å². The topological polar surface area (TPSA) is 37.7 Å². The average Bonchev–Trinajstić information content (AvgIpc) is 3.08. The molecule has 2 aromatic rings. The molecule has 0 fully saturated rings. The zero-order valence-electron chi connectivity index (χ0n) is 18.2. The van der Waals surface area contributed by atoms with Crippen molar-refractivity contribution in [3.8, 4) is 17.0 Å². The molecular weight excluding hydrogens is 358 g/mol. The number of hydrogen-bond acceptors (Lipinski definition) is 4. The Morgan fingerprint density at radius 3 is 2.52 bits per heavy atom. The predicted octanol–water partition coefficient (Wildman–Crippen LogP) is 5.16. The maximum Gasteiger partial charge on any atom is 0.149 e. The van der Waals surface area contributed by atoms with Crippen LogP contribution < -0.4 is 4.74 Å². The quantitative estimate of drug-likeness (QED) is 0.663. The van der Waals surface area contributed by atoms with Crippen LogP contribution in [0.1, 0.15) is 50.4 Å². The molecular formula is C25H31N3O. The van der Waals surface area contributed by atoms with Crippen molar-refractivity contribution < 1.29 is 4.74 Å². The van der Waals surface area contributed by atoms with E-state index in [2.05, 4.69) is 61.2 Å². The van der Waals surface area contributed by atoms with Gasteiger partial charge in [0.15, 0.2) is 0 Å². The molecule has 4 heteroatoms. The molecule has 0 radical (unpaired) electrons. The number of aliphatic imine (C=N–C) groups is 1. The number of aromatic nitrogens is 1. The predicted molar refractivity (Wildman–Crippen MR) is 120 cm³/mol. The van der Waals surface area contributed by atoms with Crippen LogP contribution in [0, 0.1) is 0 Å². The maximum absolute atomic E-state index is 6.28. The summed E-state index contributed by atoms with van der Waals surface area (Å²) in [5.74, 6) is 1.02. The fourth-order valence-corrected chi connectivity index (χ4v) is 4.21. The number of pyridine rings is 1. The van der Waals surface area contributed by atoms with Crippen molar-refractivity contribution in [3.63, 3.8) is 0 Å². The number of fused-ring (bicyclic) bond motifs is 1. The molecule has 29 heavy (non-hydrogen) atoms. The minimum Gasteiger partial charge on any atom is -0.475 e. The van der Waals surface area contributed by atoms with Gasteiger partial charge in [-0.3, -0.25) is 9.89 Å². The van der Waals surface area contributed by atoms with Crippen molar-refractivity contribution in [2.75, 3.05) is 14.1 Å². The normalized spacial score (nSPS) is 21.8. The first kappa shape index (κ1) is 19.8. The highest BCUT2D eigenvalue weighted by Crippen LogP contribution is 2.38. The fraction of sp³-hybridized carbons (Fsp3) is 0.440. The second-order valence-electron chi connectivity index (χ2n) is 8.60. The molecule has 4 nitrogen and oxygen atoms in total. The van der Waals surface area contributed by atoms with E-state index in [1.54, 1.807) is 0 Å². The molecule has 2 heterocycles. The monoisotopic (exact) mass is 389 g/mol. The van der Waals surface area contributed by atoms with Gasteiger partial charge in [-0.05, 0) is 108 Å². The summed E-state index contributed by atoms with van der Waals surface area (Å²) in [6.07, 6.45) is 8.85. The Bertz CT molecular complexity index is 976. The summed E-state index contributed by atoms with van der Waals surface area (Å²) >= 11 is 0. The minimum atomic E-state index is -0.371. The lowest BCUT2D eigenvalue weighted by atomic mass is 9.86. The Morgan fingerprint density at radius 2 is 1.83 bits per heavy atom. The largest absolute Gasteiger partial charge is 0.475 e. The van der Waals surface area contributed by atoms with Crippen molar-refractivity contribution in [1.82, 2.24) is 9.88 Å². The summed E-state index contributed by atoms with van der Waals surface area (Å²) in [5, 5.41) is 0. The van der Waals surface area contributed by atoms with Gasteiger partial charge in [0.2, 0.25) is 0 Å². The average molecular weight is 390 g/mol. The van der Waals surface area contributed by atoms with E-state index in [1.165, 1.54) is 29.5 Å². The van der Waals surface area contributed by atoms with Crippen LogP contribution in [-0.2, 0) is 18.4 Å². The third-order valence-electron chi connectivity index (χ3n) is 6.12. The molecule has 1 aromatic heterocycles. The number of hydrogen-bond donors (Lipinski definition) is 0. The van der Waals surface area contributed by atoms with E-state index in [0.717, 1.165) is 35.7 Å². The fourth-order valence-electron chi connectivity index (χ4n) is 4.21. The van der Waals surface area contributed by atoms with Gasteiger partial charge in [0.25, 0.3) is 0 Å². The molecule has 0 amide bonds. The highest BCUT2D eigenvalue weighted by atomic mass is 16.5. The Hall–Kier alpha value is -2.46. The van der Waals surface area contributed by atoms with Gasteiger partial charge in [0.05, 0.1) is 11.4 Å². The SMILES string of the molecule is CC1=NC(C)(c2cccc(-c3ccc(OC(C)N(C)C)c4c3CCCC4)n2)C=C1. The summed E-state index contributed by atoms with van der Waals surface area (Å²) in [5.41, 5.74) is 6.69. The van der Waals surface area contributed by atoms with Crippen LogP contribution >= 0.6 is 0 Å². The Balaban J connectivity index is 1.75. The van der Waals surface area contributed by atoms with Crippen molar-refractivity contribution in [3.05, 3.63) is 59.3 Å². The first-order chi connectivity index (χ1) is 13.9. The summed E-state index contributed by atoms with van der Waals surface area (Å²) in [7, 11) is 4.09. The van der Waals surface area contributed by atoms with Crippen LogP contribution in [0.25, 0.3) is 11.3 Å². The molecule has 4 rings (SSSR count). The summed E-state index contributed by atoms with van der Waals surface area (Å²) in [4.78, 5) is 11.9.